The van der Waals surface area contributed by atoms with Crippen LogP contribution in [0, 0.1) is 0 Å². The smallest absolute Gasteiger partial charge is 0.0131 e. The zero-order chi connectivity index (χ0) is 19.3. The largest absolute Gasteiger partial charge is 0.269 e. The molecule has 2 N–H and O–H groups in total. The van der Waals surface area contributed by atoms with Gasteiger partial charge < -0.3 is 0 Å². The Labute approximate surface area is 165 Å². The van der Waals surface area contributed by atoms with Gasteiger partial charge in [-0.25, -0.2) is 5.01 Å². The highest BCUT2D eigenvalue weighted by Gasteiger charge is 2.01. The molecule has 0 bridgehead atoms. The number of hydrazine groups is 1. The van der Waals surface area contributed by atoms with Crippen LogP contribution < -0.4 is 5.84 Å². The molecular formula is C24H48N2. The molecule has 2 nitrogen and oxygen atoms in total. The van der Waals surface area contributed by atoms with Gasteiger partial charge in [-0.15, -0.1) is 6.58 Å². The topological polar surface area (TPSA) is 29.3 Å². The fourth-order valence-corrected chi connectivity index (χ4v) is 3.41. The highest BCUT2D eigenvalue weighted by Crippen LogP contribution is 2.15. The highest BCUT2D eigenvalue weighted by atomic mass is 15.4. The van der Waals surface area contributed by atoms with Crippen LogP contribution in [0.15, 0.2) is 24.8 Å². The Hall–Kier alpha value is -0.600. The molecular weight excluding hydrogens is 316 g/mol. The summed E-state index contributed by atoms with van der Waals surface area (Å²) in [5.41, 5.74) is 1.42. The lowest BCUT2D eigenvalue weighted by Gasteiger charge is -2.16. The summed E-state index contributed by atoms with van der Waals surface area (Å²) in [5, 5.41) is 2.01. The average molecular weight is 365 g/mol. The molecule has 0 amide bonds. The molecule has 0 aliphatic heterocycles. The third-order valence-electron chi connectivity index (χ3n) is 5.21. The van der Waals surface area contributed by atoms with E-state index >= 15 is 0 Å². The molecule has 0 aromatic heterocycles. The number of hydrogen-bond donors (Lipinski definition) is 1. The monoisotopic (exact) mass is 364 g/mol. The van der Waals surface area contributed by atoms with E-state index in [9.17, 15) is 0 Å². The van der Waals surface area contributed by atoms with Crippen LogP contribution in [0.25, 0.3) is 0 Å². The van der Waals surface area contributed by atoms with E-state index in [1.165, 1.54) is 95.5 Å². The van der Waals surface area contributed by atoms with Gasteiger partial charge in [0.1, 0.15) is 0 Å². The van der Waals surface area contributed by atoms with Crippen molar-refractivity contribution in [3.05, 3.63) is 24.8 Å². The lowest BCUT2D eigenvalue weighted by molar-refractivity contribution is 0.272. The van der Waals surface area contributed by atoms with Gasteiger partial charge in [0, 0.05) is 13.1 Å². The number of unbranched alkanes of at least 4 members (excludes halogenated alkanes) is 12. The Morgan fingerprint density at radius 3 is 1.88 bits per heavy atom. The lowest BCUT2D eigenvalue weighted by Crippen LogP contribution is -2.32. The summed E-state index contributed by atoms with van der Waals surface area (Å²) in [6, 6.07) is 0. The van der Waals surface area contributed by atoms with E-state index in [4.69, 9.17) is 5.84 Å². The van der Waals surface area contributed by atoms with Gasteiger partial charge >= 0.3 is 0 Å². The second-order valence-electron chi connectivity index (χ2n) is 7.96. The third kappa shape index (κ3) is 19.7. The van der Waals surface area contributed by atoms with E-state index in [0.29, 0.717) is 0 Å². The third-order valence-corrected chi connectivity index (χ3v) is 5.21. The maximum absolute atomic E-state index is 6.10. The van der Waals surface area contributed by atoms with Crippen LogP contribution >= 0.6 is 0 Å². The van der Waals surface area contributed by atoms with E-state index in [0.717, 1.165) is 32.4 Å². The van der Waals surface area contributed by atoms with E-state index in [1.807, 2.05) is 11.1 Å². The molecule has 0 unspecified atom stereocenters. The van der Waals surface area contributed by atoms with Crippen molar-refractivity contribution in [2.45, 2.75) is 116 Å². The van der Waals surface area contributed by atoms with Crippen molar-refractivity contribution >= 4 is 0 Å². The van der Waals surface area contributed by atoms with Gasteiger partial charge in [0.2, 0.25) is 0 Å². The first-order valence-corrected chi connectivity index (χ1v) is 11.5. The molecule has 0 saturated heterocycles. The van der Waals surface area contributed by atoms with E-state index in [2.05, 4.69) is 20.1 Å². The molecule has 0 fully saturated rings. The van der Waals surface area contributed by atoms with Gasteiger partial charge in [-0.2, -0.15) is 0 Å². The van der Waals surface area contributed by atoms with Crippen molar-refractivity contribution in [1.82, 2.24) is 5.01 Å². The van der Waals surface area contributed by atoms with Crippen molar-refractivity contribution in [1.29, 1.82) is 0 Å². The van der Waals surface area contributed by atoms with Gasteiger partial charge in [-0.1, -0.05) is 89.4 Å². The lowest BCUT2D eigenvalue weighted by atomic mass is 10.0. The fourth-order valence-electron chi connectivity index (χ4n) is 3.41. The predicted octanol–water partition coefficient (Wildman–Crippen LogP) is 7.56. The average Bonchev–Trinajstić information content (AvgIpc) is 2.63. The Bertz CT molecular complexity index is 311. The summed E-state index contributed by atoms with van der Waals surface area (Å²) in [7, 11) is 0. The first-order valence-electron chi connectivity index (χ1n) is 11.5. The quantitative estimate of drug-likeness (QED) is 0.0985. The van der Waals surface area contributed by atoms with Crippen molar-refractivity contribution < 1.29 is 0 Å². The second-order valence-corrected chi connectivity index (χ2v) is 7.96. The van der Waals surface area contributed by atoms with Crippen LogP contribution in [0.2, 0.25) is 0 Å². The SMILES string of the molecule is C=CCCCCCCCN(N)CCCC(=C)CCCCCCCCCC. The molecule has 0 rings (SSSR count). The normalized spacial score (nSPS) is 11.2. The van der Waals surface area contributed by atoms with Crippen molar-refractivity contribution in [3.63, 3.8) is 0 Å². The number of allylic oxidation sites excluding steroid dienone is 2. The Kier molecular flexibility index (Phi) is 20.2. The summed E-state index contributed by atoms with van der Waals surface area (Å²) < 4.78 is 0. The van der Waals surface area contributed by atoms with Gasteiger partial charge in [0.05, 0.1) is 0 Å². The maximum Gasteiger partial charge on any atom is 0.0131 e. The summed E-state index contributed by atoms with van der Waals surface area (Å²) in [5.74, 6) is 6.10. The van der Waals surface area contributed by atoms with Gasteiger partial charge in [-0.05, 0) is 44.9 Å². The Morgan fingerprint density at radius 1 is 0.731 bits per heavy atom. The van der Waals surface area contributed by atoms with Gasteiger partial charge in [0.15, 0.2) is 0 Å². The number of rotatable bonds is 21. The van der Waals surface area contributed by atoms with Crippen LogP contribution in [0.4, 0.5) is 0 Å². The molecule has 0 aromatic rings. The van der Waals surface area contributed by atoms with Crippen LogP contribution in [0.1, 0.15) is 116 Å². The van der Waals surface area contributed by atoms with Crippen LogP contribution in [-0.2, 0) is 0 Å². The molecule has 0 radical (unpaired) electrons. The zero-order valence-electron chi connectivity index (χ0n) is 18.0. The molecule has 0 spiro atoms. The van der Waals surface area contributed by atoms with Gasteiger partial charge in [-0.3, -0.25) is 5.84 Å². The van der Waals surface area contributed by atoms with Gasteiger partial charge in [0.25, 0.3) is 0 Å². The van der Waals surface area contributed by atoms with E-state index < -0.39 is 0 Å². The summed E-state index contributed by atoms with van der Waals surface area (Å²) >= 11 is 0. The predicted molar refractivity (Wildman–Crippen MR) is 119 cm³/mol. The minimum absolute atomic E-state index is 1.01. The van der Waals surface area contributed by atoms with Crippen LogP contribution in [0.3, 0.4) is 0 Å². The molecule has 0 aliphatic rings. The molecule has 0 atom stereocenters. The van der Waals surface area contributed by atoms with E-state index in [1.54, 1.807) is 0 Å². The van der Waals surface area contributed by atoms with E-state index in [-0.39, 0.29) is 0 Å². The van der Waals surface area contributed by atoms with Crippen LogP contribution in [0.5, 0.6) is 0 Å². The molecule has 0 aromatic carbocycles. The van der Waals surface area contributed by atoms with Crippen molar-refractivity contribution in [2.75, 3.05) is 13.1 Å². The number of nitrogens with two attached hydrogens (primary N) is 1. The number of nitrogens with zero attached hydrogens (tertiary/aromatic N) is 1. The zero-order valence-corrected chi connectivity index (χ0v) is 18.0. The Balaban J connectivity index is 3.31. The number of hydrogen-bond acceptors (Lipinski definition) is 2. The first-order chi connectivity index (χ1) is 12.7. The molecule has 0 heterocycles. The molecule has 154 valence electrons. The molecule has 26 heavy (non-hydrogen) atoms. The minimum atomic E-state index is 1.01. The maximum atomic E-state index is 6.10. The molecule has 0 aliphatic carbocycles. The summed E-state index contributed by atoms with van der Waals surface area (Å²) in [6.07, 6.45) is 24.3. The second kappa shape index (κ2) is 20.7. The highest BCUT2D eigenvalue weighted by molar-refractivity contribution is 4.93. The summed E-state index contributed by atoms with van der Waals surface area (Å²) in [6.45, 7) is 12.3. The molecule has 2 heteroatoms. The first kappa shape index (κ1) is 25.4. The summed E-state index contributed by atoms with van der Waals surface area (Å²) in [4.78, 5) is 0. The van der Waals surface area contributed by atoms with Crippen molar-refractivity contribution in [3.8, 4) is 0 Å². The Morgan fingerprint density at radius 2 is 1.23 bits per heavy atom. The van der Waals surface area contributed by atoms with Crippen molar-refractivity contribution in [2.24, 2.45) is 5.84 Å². The standard InChI is InChI=1S/C24H48N2/c1-4-6-8-10-12-13-15-17-20-24(3)21-19-23-26(25)22-18-16-14-11-9-7-5-2/h5H,2-4,6-23,25H2,1H3. The molecule has 0 saturated carbocycles. The fraction of sp³-hybridized carbons (Fsp3) is 0.833. The van der Waals surface area contributed by atoms with Crippen LogP contribution in [-0.4, -0.2) is 18.1 Å². The minimum Gasteiger partial charge on any atom is -0.269 e.